The molecule has 0 unspecified atom stereocenters. The minimum Gasteiger partial charge on any atom is -0.488 e. The SMILES string of the molecule is C[C@@H]1CN([C@@H](C)CO)C(=O)Cc2cc(NC(=O)C3CCCCC3)ccc2O[C@H]1CN(C)C(=O)NC1CCCCC1. The lowest BCUT2D eigenvalue weighted by Crippen LogP contribution is -2.50. The number of aliphatic hydroxyl groups is 1. The van der Waals surface area contributed by atoms with Crippen molar-refractivity contribution in [3.63, 3.8) is 0 Å². The van der Waals surface area contributed by atoms with Crippen LogP contribution in [-0.4, -0.2) is 77.7 Å². The highest BCUT2D eigenvalue weighted by Crippen LogP contribution is 2.31. The first kappa shape index (κ1) is 30.2. The third-order valence-electron chi connectivity index (χ3n) is 8.89. The van der Waals surface area contributed by atoms with Crippen LogP contribution in [0.1, 0.15) is 83.6 Å². The molecule has 9 heteroatoms. The number of anilines is 1. The minimum atomic E-state index is -0.372. The van der Waals surface area contributed by atoms with E-state index in [0.29, 0.717) is 30.1 Å². The average Bonchev–Trinajstić information content (AvgIpc) is 3.01. The van der Waals surface area contributed by atoms with Gasteiger partial charge in [-0.2, -0.15) is 0 Å². The lowest BCUT2D eigenvalue weighted by Gasteiger charge is -2.34. The Labute approximate surface area is 239 Å². The number of nitrogens with one attached hydrogen (secondary N) is 2. The summed E-state index contributed by atoms with van der Waals surface area (Å²) in [6.07, 6.45) is 10.4. The van der Waals surface area contributed by atoms with E-state index in [1.165, 1.54) is 12.8 Å². The highest BCUT2D eigenvalue weighted by atomic mass is 16.5. The number of ether oxygens (including phenoxy) is 1. The van der Waals surface area contributed by atoms with Crippen molar-refractivity contribution in [3.05, 3.63) is 23.8 Å². The van der Waals surface area contributed by atoms with E-state index < -0.39 is 0 Å². The second-order valence-electron chi connectivity index (χ2n) is 12.2. The molecule has 2 fully saturated rings. The molecule has 1 aliphatic heterocycles. The number of carbonyl (C=O) groups is 3. The van der Waals surface area contributed by atoms with Crippen molar-refractivity contribution in [2.75, 3.05) is 32.1 Å². The Kier molecular flexibility index (Phi) is 10.7. The van der Waals surface area contributed by atoms with Gasteiger partial charge >= 0.3 is 6.03 Å². The number of urea groups is 1. The molecule has 0 saturated heterocycles. The summed E-state index contributed by atoms with van der Waals surface area (Å²) in [6, 6.07) is 5.24. The molecule has 40 heavy (non-hydrogen) atoms. The van der Waals surface area contributed by atoms with Crippen LogP contribution in [0.3, 0.4) is 0 Å². The quantitative estimate of drug-likeness (QED) is 0.463. The summed E-state index contributed by atoms with van der Waals surface area (Å²) in [5.41, 5.74) is 1.34. The summed E-state index contributed by atoms with van der Waals surface area (Å²) < 4.78 is 6.55. The summed E-state index contributed by atoms with van der Waals surface area (Å²) in [4.78, 5) is 42.8. The van der Waals surface area contributed by atoms with Gasteiger partial charge in [-0.15, -0.1) is 0 Å². The minimum absolute atomic E-state index is 0.0262. The molecule has 4 amide bonds. The second kappa shape index (κ2) is 14.2. The summed E-state index contributed by atoms with van der Waals surface area (Å²) in [7, 11) is 1.78. The van der Waals surface area contributed by atoms with Crippen LogP contribution >= 0.6 is 0 Å². The van der Waals surface area contributed by atoms with E-state index in [0.717, 1.165) is 51.4 Å². The predicted molar refractivity (Wildman–Crippen MR) is 155 cm³/mol. The van der Waals surface area contributed by atoms with Gasteiger partial charge in [0.25, 0.3) is 0 Å². The third kappa shape index (κ3) is 7.89. The Morgan fingerprint density at radius 3 is 2.45 bits per heavy atom. The molecule has 0 spiro atoms. The number of hydrogen-bond acceptors (Lipinski definition) is 5. The van der Waals surface area contributed by atoms with Crippen molar-refractivity contribution in [2.24, 2.45) is 11.8 Å². The van der Waals surface area contributed by atoms with E-state index in [1.54, 1.807) is 16.8 Å². The van der Waals surface area contributed by atoms with Crippen molar-refractivity contribution in [1.29, 1.82) is 0 Å². The molecule has 0 bridgehead atoms. The Morgan fingerprint density at radius 2 is 1.77 bits per heavy atom. The summed E-state index contributed by atoms with van der Waals surface area (Å²) in [5, 5.41) is 16.1. The van der Waals surface area contributed by atoms with Gasteiger partial charge in [0.1, 0.15) is 11.9 Å². The Morgan fingerprint density at radius 1 is 1.10 bits per heavy atom. The maximum atomic E-state index is 13.5. The fourth-order valence-corrected chi connectivity index (χ4v) is 6.22. The van der Waals surface area contributed by atoms with Gasteiger partial charge in [0.15, 0.2) is 0 Å². The Balaban J connectivity index is 1.53. The number of benzene rings is 1. The van der Waals surface area contributed by atoms with E-state index in [-0.39, 0.29) is 60.9 Å². The van der Waals surface area contributed by atoms with Crippen molar-refractivity contribution < 1.29 is 24.2 Å². The molecule has 0 radical (unpaired) electrons. The van der Waals surface area contributed by atoms with Crippen molar-refractivity contribution in [2.45, 2.75) is 103 Å². The molecule has 222 valence electrons. The molecule has 3 N–H and O–H groups in total. The van der Waals surface area contributed by atoms with Crippen LogP contribution in [0.2, 0.25) is 0 Å². The van der Waals surface area contributed by atoms with E-state index in [9.17, 15) is 19.5 Å². The first-order valence-corrected chi connectivity index (χ1v) is 15.3. The molecule has 3 atom stereocenters. The number of aliphatic hydroxyl groups excluding tert-OH is 1. The zero-order chi connectivity index (χ0) is 28.6. The molecule has 2 aliphatic carbocycles. The van der Waals surface area contributed by atoms with Gasteiger partial charge in [0.2, 0.25) is 11.8 Å². The number of hydrogen-bond donors (Lipinski definition) is 3. The largest absolute Gasteiger partial charge is 0.488 e. The lowest BCUT2D eigenvalue weighted by molar-refractivity contribution is -0.134. The van der Waals surface area contributed by atoms with Crippen LogP contribution in [0.15, 0.2) is 18.2 Å². The molecule has 4 rings (SSSR count). The molecule has 0 aromatic heterocycles. The number of rotatable bonds is 7. The highest BCUT2D eigenvalue weighted by molar-refractivity contribution is 5.93. The standard InChI is InChI=1S/C31H48N4O5/c1-21-18-35(22(2)20-36)29(37)17-24-16-26(32-30(38)23-10-6-4-7-11-23)14-15-27(24)40-28(21)19-34(3)31(39)33-25-12-8-5-9-13-25/h14-16,21-23,25,28,36H,4-13,17-20H2,1-3H3,(H,32,38)(H,33,39)/t21-,22+,28+/m1/s1. The van der Waals surface area contributed by atoms with Gasteiger partial charge < -0.3 is 30.3 Å². The van der Waals surface area contributed by atoms with Crippen molar-refractivity contribution in [3.8, 4) is 5.75 Å². The van der Waals surface area contributed by atoms with Crippen LogP contribution in [0.25, 0.3) is 0 Å². The van der Waals surface area contributed by atoms with Crippen LogP contribution in [0.5, 0.6) is 5.75 Å². The lowest BCUT2D eigenvalue weighted by atomic mass is 9.88. The van der Waals surface area contributed by atoms with Gasteiger partial charge in [-0.25, -0.2) is 4.79 Å². The third-order valence-corrected chi connectivity index (χ3v) is 8.89. The summed E-state index contributed by atoms with van der Waals surface area (Å²) in [6.45, 7) is 4.48. The van der Waals surface area contributed by atoms with Gasteiger partial charge in [0.05, 0.1) is 25.6 Å². The predicted octanol–water partition coefficient (Wildman–Crippen LogP) is 4.33. The molecule has 1 aromatic carbocycles. The van der Waals surface area contributed by atoms with E-state index in [1.807, 2.05) is 32.0 Å². The van der Waals surface area contributed by atoms with Crippen LogP contribution < -0.4 is 15.4 Å². The second-order valence-corrected chi connectivity index (χ2v) is 12.2. The maximum absolute atomic E-state index is 13.5. The number of likely N-dealkylation sites (N-methyl/N-ethyl adjacent to an activating group) is 1. The smallest absolute Gasteiger partial charge is 0.317 e. The van der Waals surface area contributed by atoms with Gasteiger partial charge in [-0.3, -0.25) is 9.59 Å². The normalized spacial score (nSPS) is 23.6. The first-order valence-electron chi connectivity index (χ1n) is 15.3. The molecule has 1 heterocycles. The molecular weight excluding hydrogens is 508 g/mol. The van der Waals surface area contributed by atoms with E-state index >= 15 is 0 Å². The topological polar surface area (TPSA) is 111 Å². The summed E-state index contributed by atoms with van der Waals surface area (Å²) in [5.74, 6) is 0.443. The molecular formula is C31H48N4O5. The number of carbonyl (C=O) groups excluding carboxylic acids is 3. The van der Waals surface area contributed by atoms with Crippen molar-refractivity contribution >= 4 is 23.5 Å². The zero-order valence-corrected chi connectivity index (χ0v) is 24.5. The number of amides is 4. The first-order chi connectivity index (χ1) is 19.2. The number of fused-ring (bicyclic) bond motifs is 1. The Hall–Kier alpha value is -2.81. The Bertz CT molecular complexity index is 1020. The van der Waals surface area contributed by atoms with Gasteiger partial charge in [0, 0.05) is 42.7 Å². The van der Waals surface area contributed by atoms with Crippen LogP contribution in [-0.2, 0) is 16.0 Å². The highest BCUT2D eigenvalue weighted by Gasteiger charge is 2.32. The fraction of sp³-hybridized carbons (Fsp3) is 0.710. The van der Waals surface area contributed by atoms with Gasteiger partial charge in [-0.1, -0.05) is 45.4 Å². The maximum Gasteiger partial charge on any atom is 0.317 e. The van der Waals surface area contributed by atoms with Crippen LogP contribution in [0.4, 0.5) is 10.5 Å². The summed E-state index contributed by atoms with van der Waals surface area (Å²) >= 11 is 0. The zero-order valence-electron chi connectivity index (χ0n) is 24.5. The van der Waals surface area contributed by atoms with Crippen LogP contribution in [0, 0.1) is 11.8 Å². The average molecular weight is 557 g/mol. The molecule has 9 nitrogen and oxygen atoms in total. The van der Waals surface area contributed by atoms with E-state index in [4.69, 9.17) is 4.74 Å². The van der Waals surface area contributed by atoms with Gasteiger partial charge in [-0.05, 0) is 50.8 Å². The molecule has 3 aliphatic rings. The monoisotopic (exact) mass is 556 g/mol. The molecule has 2 saturated carbocycles. The fourth-order valence-electron chi connectivity index (χ4n) is 6.22. The number of nitrogens with zero attached hydrogens (tertiary/aromatic N) is 2. The molecule has 1 aromatic rings. The van der Waals surface area contributed by atoms with E-state index in [2.05, 4.69) is 10.6 Å². The van der Waals surface area contributed by atoms with Crippen molar-refractivity contribution in [1.82, 2.24) is 15.1 Å².